The summed E-state index contributed by atoms with van der Waals surface area (Å²) in [6.45, 7) is 10.1. The summed E-state index contributed by atoms with van der Waals surface area (Å²) in [5, 5.41) is 11.8. The molecule has 1 aromatic heterocycles. The van der Waals surface area contributed by atoms with Gasteiger partial charge in [-0.1, -0.05) is 61.5 Å². The van der Waals surface area contributed by atoms with Crippen LogP contribution in [0.1, 0.15) is 52.5 Å². The van der Waals surface area contributed by atoms with E-state index in [1.807, 2.05) is 80.9 Å². The zero-order valence-electron chi connectivity index (χ0n) is 25.0. The van der Waals surface area contributed by atoms with Crippen LogP contribution in [0.3, 0.4) is 0 Å². The number of para-hydroxylation sites is 1. The molecule has 0 aliphatic carbocycles. The van der Waals surface area contributed by atoms with E-state index < -0.39 is 0 Å². The van der Waals surface area contributed by atoms with Crippen molar-refractivity contribution >= 4 is 23.3 Å². The highest BCUT2D eigenvalue weighted by Gasteiger charge is 2.29. The van der Waals surface area contributed by atoms with E-state index in [9.17, 15) is 14.4 Å². The molecule has 0 fully saturated rings. The van der Waals surface area contributed by atoms with Gasteiger partial charge in [-0.05, 0) is 25.5 Å². The third-order valence-electron chi connectivity index (χ3n) is 7.11. The quantitative estimate of drug-likeness (QED) is 0.283. The number of carbonyl (C=O) groups is 3. The molecule has 2 amide bonds. The number of benzene rings is 2. The van der Waals surface area contributed by atoms with Gasteiger partial charge < -0.3 is 19.7 Å². The summed E-state index contributed by atoms with van der Waals surface area (Å²) in [4.78, 5) is 39.5. The van der Waals surface area contributed by atoms with Gasteiger partial charge in [0.15, 0.2) is 0 Å². The molecule has 42 heavy (non-hydrogen) atoms. The van der Waals surface area contributed by atoms with Crippen molar-refractivity contribution in [2.24, 2.45) is 5.92 Å². The summed E-state index contributed by atoms with van der Waals surface area (Å²) in [5.41, 5.74) is 5.06. The number of amides is 2. The lowest BCUT2D eigenvalue weighted by molar-refractivity contribution is -0.125. The van der Waals surface area contributed by atoms with Crippen LogP contribution in [-0.2, 0) is 36.9 Å². The largest absolute Gasteiger partial charge is 0.379 e. The molecule has 0 saturated heterocycles. The molecule has 1 aliphatic heterocycles. The van der Waals surface area contributed by atoms with Crippen LogP contribution < -0.4 is 10.2 Å². The summed E-state index contributed by atoms with van der Waals surface area (Å²) < 4.78 is 13.1. The SMILES string of the molecule is CC(C)OCCn1nnc2c1-c1ccccc1CN(C(=O)CCC(=O)NCCOCCC(=O)C(C)C)c1ccccc1-2. The zero-order chi connectivity index (χ0) is 30.1. The molecule has 0 spiro atoms. The van der Waals surface area contributed by atoms with Crippen molar-refractivity contribution in [1.29, 1.82) is 0 Å². The van der Waals surface area contributed by atoms with Crippen LogP contribution in [0.5, 0.6) is 0 Å². The number of nitrogens with zero attached hydrogens (tertiary/aromatic N) is 4. The van der Waals surface area contributed by atoms with Gasteiger partial charge in [-0.25, -0.2) is 4.68 Å². The van der Waals surface area contributed by atoms with Crippen LogP contribution in [0, 0.1) is 5.92 Å². The van der Waals surface area contributed by atoms with Crippen molar-refractivity contribution in [2.45, 2.75) is 66.2 Å². The standard InChI is InChI=1S/C32H41N5O5/c1-22(2)28(38)15-18-41-19-16-33-29(39)13-14-30(40)36-21-24-9-5-6-10-25(24)32-31(26-11-7-8-12-27(26)36)34-35-37(32)17-20-42-23(3)4/h5-12,22-23H,13-21H2,1-4H3,(H,33,39). The number of Topliss-reactive ketones (excluding diaryl/α,β-unsaturated/α-hetero) is 1. The van der Waals surface area contributed by atoms with Crippen molar-refractivity contribution in [3.05, 3.63) is 54.1 Å². The minimum absolute atomic E-state index is 0.00875. The second kappa shape index (κ2) is 14.8. The minimum atomic E-state index is -0.222. The fourth-order valence-electron chi connectivity index (χ4n) is 4.84. The maximum Gasteiger partial charge on any atom is 0.227 e. The summed E-state index contributed by atoms with van der Waals surface area (Å²) in [6.07, 6.45) is 0.593. The lowest BCUT2D eigenvalue weighted by atomic mass is 9.95. The highest BCUT2D eigenvalue weighted by molar-refractivity contribution is 6.01. The Morgan fingerprint density at radius 3 is 2.40 bits per heavy atom. The Kier molecular flexibility index (Phi) is 11.0. The predicted octanol–water partition coefficient (Wildman–Crippen LogP) is 4.41. The van der Waals surface area contributed by atoms with Gasteiger partial charge >= 0.3 is 0 Å². The Bertz CT molecular complexity index is 1380. The lowest BCUT2D eigenvalue weighted by Crippen LogP contribution is -2.34. The normalized spacial score (nSPS) is 12.4. The Hall–Kier alpha value is -3.89. The number of hydrogen-bond acceptors (Lipinski definition) is 7. The number of carbonyl (C=O) groups excluding carboxylic acids is 3. The highest BCUT2D eigenvalue weighted by Crippen LogP contribution is 2.41. The number of ether oxygens (including phenoxy) is 2. The number of nitrogens with one attached hydrogen (secondary N) is 1. The van der Waals surface area contributed by atoms with Gasteiger partial charge in [0, 0.05) is 42.9 Å². The van der Waals surface area contributed by atoms with Crippen molar-refractivity contribution in [3.63, 3.8) is 0 Å². The Morgan fingerprint density at radius 2 is 1.64 bits per heavy atom. The first-order valence-corrected chi connectivity index (χ1v) is 14.7. The Balaban J connectivity index is 1.45. The molecule has 0 saturated carbocycles. The van der Waals surface area contributed by atoms with Crippen LogP contribution in [0.4, 0.5) is 5.69 Å². The third kappa shape index (κ3) is 7.89. The van der Waals surface area contributed by atoms with Crippen molar-refractivity contribution < 1.29 is 23.9 Å². The maximum atomic E-state index is 13.6. The summed E-state index contributed by atoms with van der Waals surface area (Å²) in [6, 6.07) is 15.7. The van der Waals surface area contributed by atoms with Gasteiger partial charge in [0.1, 0.15) is 11.5 Å². The van der Waals surface area contributed by atoms with Gasteiger partial charge in [-0.2, -0.15) is 0 Å². The van der Waals surface area contributed by atoms with Gasteiger partial charge in [-0.15, -0.1) is 5.10 Å². The van der Waals surface area contributed by atoms with E-state index in [0.717, 1.165) is 28.1 Å². The molecule has 2 heterocycles. The lowest BCUT2D eigenvalue weighted by Gasteiger charge is -2.28. The smallest absolute Gasteiger partial charge is 0.227 e. The molecule has 1 aliphatic rings. The number of hydrogen-bond donors (Lipinski definition) is 1. The van der Waals surface area contributed by atoms with Gasteiger partial charge in [0.2, 0.25) is 11.8 Å². The van der Waals surface area contributed by atoms with E-state index in [-0.39, 0.29) is 42.5 Å². The zero-order valence-corrected chi connectivity index (χ0v) is 25.0. The van der Waals surface area contributed by atoms with Crippen LogP contribution in [0.2, 0.25) is 0 Å². The van der Waals surface area contributed by atoms with E-state index in [0.29, 0.717) is 51.6 Å². The number of aromatic nitrogens is 3. The average Bonchev–Trinajstić information content (AvgIpc) is 3.38. The first-order valence-electron chi connectivity index (χ1n) is 14.7. The molecule has 0 unspecified atom stereocenters. The first kappa shape index (κ1) is 31.1. The topological polar surface area (TPSA) is 116 Å². The second-order valence-electron chi connectivity index (χ2n) is 10.9. The molecule has 4 rings (SSSR count). The van der Waals surface area contributed by atoms with E-state index >= 15 is 0 Å². The van der Waals surface area contributed by atoms with Gasteiger partial charge in [0.05, 0.1) is 50.4 Å². The molecule has 10 heteroatoms. The van der Waals surface area contributed by atoms with E-state index in [1.54, 1.807) is 4.90 Å². The second-order valence-corrected chi connectivity index (χ2v) is 10.9. The number of fused-ring (bicyclic) bond motifs is 5. The van der Waals surface area contributed by atoms with E-state index in [1.165, 1.54) is 0 Å². The molecule has 0 atom stereocenters. The molecule has 10 nitrogen and oxygen atoms in total. The summed E-state index contributed by atoms with van der Waals surface area (Å²) in [7, 11) is 0. The van der Waals surface area contributed by atoms with E-state index in [4.69, 9.17) is 9.47 Å². The fraction of sp³-hybridized carbons (Fsp3) is 0.469. The molecular formula is C32H41N5O5. The van der Waals surface area contributed by atoms with Crippen molar-refractivity contribution in [2.75, 3.05) is 31.3 Å². The monoisotopic (exact) mass is 575 g/mol. The number of anilines is 1. The molecular weight excluding hydrogens is 534 g/mol. The molecule has 2 aromatic carbocycles. The molecule has 224 valence electrons. The van der Waals surface area contributed by atoms with Crippen LogP contribution >= 0.6 is 0 Å². The molecule has 3 aromatic rings. The minimum Gasteiger partial charge on any atom is -0.379 e. The fourth-order valence-corrected chi connectivity index (χ4v) is 4.84. The Morgan fingerprint density at radius 1 is 0.905 bits per heavy atom. The highest BCUT2D eigenvalue weighted by atomic mass is 16.5. The average molecular weight is 576 g/mol. The molecule has 0 bridgehead atoms. The molecule has 0 radical (unpaired) electrons. The number of rotatable bonds is 14. The van der Waals surface area contributed by atoms with E-state index in [2.05, 4.69) is 15.6 Å². The first-order chi connectivity index (χ1) is 20.3. The van der Waals surface area contributed by atoms with Crippen LogP contribution in [-0.4, -0.2) is 65.1 Å². The predicted molar refractivity (Wildman–Crippen MR) is 161 cm³/mol. The van der Waals surface area contributed by atoms with Crippen molar-refractivity contribution in [1.82, 2.24) is 20.3 Å². The maximum absolute atomic E-state index is 13.6. The number of ketones is 1. The third-order valence-corrected chi connectivity index (χ3v) is 7.11. The summed E-state index contributed by atoms with van der Waals surface area (Å²) >= 11 is 0. The van der Waals surface area contributed by atoms with Crippen LogP contribution in [0.15, 0.2) is 48.5 Å². The summed E-state index contributed by atoms with van der Waals surface area (Å²) in [5.74, 6) is -0.231. The van der Waals surface area contributed by atoms with Gasteiger partial charge in [0.25, 0.3) is 0 Å². The van der Waals surface area contributed by atoms with Gasteiger partial charge in [-0.3, -0.25) is 14.4 Å². The van der Waals surface area contributed by atoms with Crippen LogP contribution in [0.25, 0.3) is 22.5 Å². The molecule has 1 N–H and O–H groups in total. The van der Waals surface area contributed by atoms with Crippen molar-refractivity contribution in [3.8, 4) is 22.5 Å². The Labute approximate surface area is 247 Å².